The minimum atomic E-state index is -3.69. The van der Waals surface area contributed by atoms with Crippen LogP contribution >= 0.6 is 0 Å². The average Bonchev–Trinajstić information content (AvgIpc) is 3.36. The molecule has 1 aliphatic rings. The van der Waals surface area contributed by atoms with Crippen LogP contribution in [0, 0.1) is 11.2 Å². The van der Waals surface area contributed by atoms with Gasteiger partial charge in [-0.15, -0.1) is 0 Å². The number of aromatic nitrogens is 1. The summed E-state index contributed by atoms with van der Waals surface area (Å²) in [4.78, 5) is 17.2. The van der Waals surface area contributed by atoms with Crippen molar-refractivity contribution in [1.29, 1.82) is 0 Å². The molecule has 1 aliphatic carbocycles. The average molecular weight is 486 g/mol. The van der Waals surface area contributed by atoms with Gasteiger partial charge >= 0.3 is 0 Å². The summed E-state index contributed by atoms with van der Waals surface area (Å²) in [5, 5.41) is 3.02. The van der Waals surface area contributed by atoms with E-state index in [1.807, 2.05) is 13.8 Å². The van der Waals surface area contributed by atoms with Crippen molar-refractivity contribution in [3.05, 3.63) is 72.6 Å². The van der Waals surface area contributed by atoms with Crippen molar-refractivity contribution in [2.24, 2.45) is 5.41 Å². The van der Waals surface area contributed by atoms with E-state index in [2.05, 4.69) is 15.0 Å². The molecular formula is C25H28FN3O4S. The Kier molecular flexibility index (Phi) is 6.86. The zero-order chi connectivity index (χ0) is 24.3. The second-order valence-electron chi connectivity index (χ2n) is 9.10. The molecule has 1 amide bonds. The van der Waals surface area contributed by atoms with Gasteiger partial charge in [-0.2, -0.15) is 0 Å². The highest BCUT2D eigenvalue weighted by molar-refractivity contribution is 7.89. The van der Waals surface area contributed by atoms with E-state index in [0.717, 1.165) is 11.1 Å². The van der Waals surface area contributed by atoms with Crippen LogP contribution in [0.15, 0.2) is 70.5 Å². The maximum atomic E-state index is 13.2. The zero-order valence-electron chi connectivity index (χ0n) is 19.1. The first kappa shape index (κ1) is 24.1. The number of hydrogen-bond donors (Lipinski definition) is 2. The van der Waals surface area contributed by atoms with Crippen molar-refractivity contribution in [3.8, 4) is 11.3 Å². The van der Waals surface area contributed by atoms with Gasteiger partial charge < -0.3 is 9.73 Å². The first-order valence-electron chi connectivity index (χ1n) is 11.2. The minimum Gasteiger partial charge on any atom is -0.451 e. The van der Waals surface area contributed by atoms with E-state index < -0.39 is 15.4 Å². The molecule has 1 fully saturated rings. The molecule has 1 saturated carbocycles. The number of carbonyl (C=O) groups excluding carboxylic acids is 1. The quantitative estimate of drug-likeness (QED) is 0.510. The van der Waals surface area contributed by atoms with Gasteiger partial charge in [0, 0.05) is 17.0 Å². The standard InChI is InChI=1S/C25H28FN3O4S/c1-17(18-3-7-20(26)8-4-18)28-24(30)25(2)13-11-21(12-14-25)29-34(31,32)22-9-5-19(6-10-22)23-15-33-16-27-23/h3-10,15-17,21,29H,11-14H2,1-2H3,(H,28,30). The van der Waals surface area contributed by atoms with Crippen LogP contribution < -0.4 is 10.0 Å². The molecule has 1 unspecified atom stereocenters. The van der Waals surface area contributed by atoms with Gasteiger partial charge in [-0.25, -0.2) is 22.5 Å². The lowest BCUT2D eigenvalue weighted by Crippen LogP contribution is -2.46. The van der Waals surface area contributed by atoms with E-state index in [1.54, 1.807) is 36.4 Å². The summed E-state index contributed by atoms with van der Waals surface area (Å²) in [6, 6.07) is 12.1. The van der Waals surface area contributed by atoms with Crippen LogP contribution in [0.5, 0.6) is 0 Å². The SMILES string of the molecule is CC(NC(=O)C1(C)CCC(NS(=O)(=O)c2ccc(-c3cocn3)cc2)CC1)c1ccc(F)cc1. The van der Waals surface area contributed by atoms with Gasteiger partial charge in [0.1, 0.15) is 17.8 Å². The lowest BCUT2D eigenvalue weighted by Gasteiger charge is -2.37. The molecule has 0 radical (unpaired) electrons. The fraction of sp³-hybridized carbons (Fsp3) is 0.360. The molecule has 2 aromatic carbocycles. The predicted molar refractivity (Wildman–Crippen MR) is 126 cm³/mol. The summed E-state index contributed by atoms with van der Waals surface area (Å²) in [7, 11) is -3.69. The molecule has 2 N–H and O–H groups in total. The maximum absolute atomic E-state index is 13.2. The predicted octanol–water partition coefficient (Wildman–Crippen LogP) is 4.59. The number of nitrogens with zero attached hydrogens (tertiary/aromatic N) is 1. The molecule has 0 bridgehead atoms. The van der Waals surface area contributed by atoms with E-state index in [-0.39, 0.29) is 28.7 Å². The third-order valence-electron chi connectivity index (χ3n) is 6.57. The van der Waals surface area contributed by atoms with Crippen LogP contribution in [0.2, 0.25) is 0 Å². The molecule has 7 nitrogen and oxygen atoms in total. The van der Waals surface area contributed by atoms with Crippen LogP contribution in [0.1, 0.15) is 51.1 Å². The number of nitrogens with one attached hydrogen (secondary N) is 2. The van der Waals surface area contributed by atoms with Gasteiger partial charge in [0.15, 0.2) is 6.39 Å². The molecule has 0 saturated heterocycles. The summed E-state index contributed by atoms with van der Waals surface area (Å²) in [6.45, 7) is 3.77. The number of oxazole rings is 1. The van der Waals surface area contributed by atoms with Crippen LogP contribution in [0.25, 0.3) is 11.3 Å². The number of amides is 1. The number of sulfonamides is 1. The Balaban J connectivity index is 1.33. The van der Waals surface area contributed by atoms with E-state index >= 15 is 0 Å². The zero-order valence-corrected chi connectivity index (χ0v) is 19.9. The van der Waals surface area contributed by atoms with E-state index in [1.165, 1.54) is 24.8 Å². The summed E-state index contributed by atoms with van der Waals surface area (Å²) in [6.07, 6.45) is 5.07. The monoisotopic (exact) mass is 485 g/mol. The summed E-state index contributed by atoms with van der Waals surface area (Å²) in [5.74, 6) is -0.394. The van der Waals surface area contributed by atoms with Crippen molar-refractivity contribution in [2.45, 2.75) is 56.5 Å². The second kappa shape index (κ2) is 9.68. The molecule has 4 rings (SSSR count). The molecule has 1 heterocycles. The molecule has 0 spiro atoms. The second-order valence-corrected chi connectivity index (χ2v) is 10.8. The van der Waals surface area contributed by atoms with E-state index in [9.17, 15) is 17.6 Å². The molecule has 9 heteroatoms. The number of halogens is 1. The number of rotatable bonds is 7. The van der Waals surface area contributed by atoms with Crippen molar-refractivity contribution < 1.29 is 22.0 Å². The van der Waals surface area contributed by atoms with E-state index in [0.29, 0.717) is 31.4 Å². The van der Waals surface area contributed by atoms with Gasteiger partial charge in [-0.3, -0.25) is 4.79 Å². The van der Waals surface area contributed by atoms with Gasteiger partial charge in [-0.05, 0) is 62.4 Å². The minimum absolute atomic E-state index is 0.0749. The third-order valence-corrected chi connectivity index (χ3v) is 8.11. The van der Waals surface area contributed by atoms with Gasteiger partial charge in [0.05, 0.1) is 10.9 Å². The Bertz CT molecular complexity index is 1220. The van der Waals surface area contributed by atoms with Crippen LogP contribution in [0.3, 0.4) is 0 Å². The summed E-state index contributed by atoms with van der Waals surface area (Å²) >= 11 is 0. The highest BCUT2D eigenvalue weighted by Gasteiger charge is 2.39. The molecule has 1 atom stereocenters. The molecule has 3 aromatic rings. The fourth-order valence-corrected chi connectivity index (χ4v) is 5.56. The lowest BCUT2D eigenvalue weighted by atomic mass is 9.73. The highest BCUT2D eigenvalue weighted by Crippen LogP contribution is 2.37. The largest absolute Gasteiger partial charge is 0.451 e. The van der Waals surface area contributed by atoms with Gasteiger partial charge in [0.25, 0.3) is 0 Å². The first-order chi connectivity index (χ1) is 16.2. The maximum Gasteiger partial charge on any atom is 0.240 e. The normalized spacial score (nSPS) is 21.7. The Morgan fingerprint density at radius 2 is 1.76 bits per heavy atom. The Morgan fingerprint density at radius 1 is 1.12 bits per heavy atom. The highest BCUT2D eigenvalue weighted by atomic mass is 32.2. The Hall–Kier alpha value is -3.04. The smallest absolute Gasteiger partial charge is 0.240 e. The van der Waals surface area contributed by atoms with Crippen molar-refractivity contribution >= 4 is 15.9 Å². The fourth-order valence-electron chi connectivity index (χ4n) is 4.25. The number of hydrogen-bond acceptors (Lipinski definition) is 5. The van der Waals surface area contributed by atoms with Crippen LogP contribution in [-0.2, 0) is 14.8 Å². The Labute approximate surface area is 198 Å². The summed E-state index contributed by atoms with van der Waals surface area (Å²) < 4.78 is 46.6. The molecule has 0 aliphatic heterocycles. The molecule has 1 aromatic heterocycles. The third kappa shape index (κ3) is 5.37. The van der Waals surface area contributed by atoms with Gasteiger partial charge in [-0.1, -0.05) is 31.2 Å². The molecule has 180 valence electrons. The first-order valence-corrected chi connectivity index (χ1v) is 12.7. The lowest BCUT2D eigenvalue weighted by molar-refractivity contribution is -0.132. The molecular weight excluding hydrogens is 457 g/mol. The van der Waals surface area contributed by atoms with E-state index in [4.69, 9.17) is 4.42 Å². The summed E-state index contributed by atoms with van der Waals surface area (Å²) in [5.41, 5.74) is 1.64. The van der Waals surface area contributed by atoms with Crippen LogP contribution in [0.4, 0.5) is 4.39 Å². The van der Waals surface area contributed by atoms with Crippen molar-refractivity contribution in [2.75, 3.05) is 0 Å². The Morgan fingerprint density at radius 3 is 2.35 bits per heavy atom. The van der Waals surface area contributed by atoms with Crippen molar-refractivity contribution in [3.63, 3.8) is 0 Å². The van der Waals surface area contributed by atoms with Crippen LogP contribution in [-0.4, -0.2) is 25.4 Å². The topological polar surface area (TPSA) is 101 Å². The number of benzene rings is 2. The van der Waals surface area contributed by atoms with Crippen molar-refractivity contribution in [1.82, 2.24) is 15.0 Å². The number of carbonyl (C=O) groups is 1. The molecule has 34 heavy (non-hydrogen) atoms. The van der Waals surface area contributed by atoms with Gasteiger partial charge in [0.2, 0.25) is 15.9 Å².